The van der Waals surface area contributed by atoms with Crippen molar-refractivity contribution in [3.8, 4) is 0 Å². The van der Waals surface area contributed by atoms with Crippen molar-refractivity contribution >= 4 is 0 Å². The zero-order valence-electron chi connectivity index (χ0n) is 8.40. The highest BCUT2D eigenvalue weighted by molar-refractivity contribution is 4.96. The van der Waals surface area contributed by atoms with Crippen LogP contribution in [-0.4, -0.2) is 12.1 Å². The summed E-state index contributed by atoms with van der Waals surface area (Å²) in [5, 5.41) is 3.66. The average Bonchev–Trinajstić information content (AvgIpc) is 2.50. The summed E-state index contributed by atoms with van der Waals surface area (Å²) in [4.78, 5) is 0. The van der Waals surface area contributed by atoms with Crippen molar-refractivity contribution in [3.63, 3.8) is 0 Å². The molecule has 1 aliphatic heterocycles. The zero-order chi connectivity index (χ0) is 9.03. The quantitative estimate of drug-likeness (QED) is 0.635. The topological polar surface area (TPSA) is 12.0 Å². The largest absolute Gasteiger partial charge is 0.311 e. The molecule has 0 aromatic heterocycles. The molecule has 0 bridgehead atoms. The van der Waals surface area contributed by atoms with E-state index in [1.165, 1.54) is 25.8 Å². The lowest BCUT2D eigenvalue weighted by molar-refractivity contribution is 0.254. The summed E-state index contributed by atoms with van der Waals surface area (Å²) in [6.45, 7) is 9.63. The molecule has 0 spiro atoms. The van der Waals surface area contributed by atoms with E-state index in [0.717, 1.165) is 12.3 Å². The van der Waals surface area contributed by atoms with Gasteiger partial charge in [0, 0.05) is 5.54 Å². The Labute approximate surface area is 76.2 Å². The van der Waals surface area contributed by atoms with Gasteiger partial charge in [-0.05, 0) is 38.1 Å². The molecule has 1 aliphatic rings. The van der Waals surface area contributed by atoms with Crippen molar-refractivity contribution in [2.24, 2.45) is 5.92 Å². The van der Waals surface area contributed by atoms with E-state index in [1.807, 2.05) is 6.08 Å². The predicted octanol–water partition coefficient (Wildman–Crippen LogP) is 2.73. The van der Waals surface area contributed by atoms with Crippen LogP contribution in [0, 0.1) is 5.92 Å². The van der Waals surface area contributed by atoms with Gasteiger partial charge >= 0.3 is 0 Å². The van der Waals surface area contributed by atoms with Crippen LogP contribution in [0.1, 0.15) is 39.5 Å². The smallest absolute Gasteiger partial charge is 0.0207 e. The number of allylic oxidation sites excluding steroid dienone is 1. The van der Waals surface area contributed by atoms with Crippen LogP contribution in [0.25, 0.3) is 0 Å². The first-order chi connectivity index (χ1) is 5.71. The Hall–Kier alpha value is -0.300. The van der Waals surface area contributed by atoms with E-state index in [0.29, 0.717) is 5.54 Å². The maximum Gasteiger partial charge on any atom is 0.0207 e. The van der Waals surface area contributed by atoms with Crippen LogP contribution in [0.15, 0.2) is 12.7 Å². The van der Waals surface area contributed by atoms with E-state index >= 15 is 0 Å². The minimum atomic E-state index is 0.425. The van der Waals surface area contributed by atoms with E-state index in [1.54, 1.807) is 0 Å². The number of nitrogens with one attached hydrogen (secondary N) is 1. The Morgan fingerprint density at radius 2 is 2.33 bits per heavy atom. The average molecular weight is 167 g/mol. The van der Waals surface area contributed by atoms with Crippen molar-refractivity contribution in [1.29, 1.82) is 0 Å². The summed E-state index contributed by atoms with van der Waals surface area (Å²) in [5.41, 5.74) is 0.425. The van der Waals surface area contributed by atoms with Gasteiger partial charge in [0.05, 0.1) is 0 Å². The minimum Gasteiger partial charge on any atom is -0.311 e. The lowest BCUT2D eigenvalue weighted by Crippen LogP contribution is -2.44. The fourth-order valence-electron chi connectivity index (χ4n) is 2.18. The molecule has 1 nitrogen and oxygen atoms in total. The van der Waals surface area contributed by atoms with Crippen molar-refractivity contribution in [3.05, 3.63) is 12.7 Å². The van der Waals surface area contributed by atoms with Crippen LogP contribution in [0.5, 0.6) is 0 Å². The molecular weight excluding hydrogens is 146 g/mol. The predicted molar refractivity (Wildman–Crippen MR) is 54.2 cm³/mol. The van der Waals surface area contributed by atoms with Gasteiger partial charge < -0.3 is 5.32 Å². The van der Waals surface area contributed by atoms with E-state index in [4.69, 9.17) is 0 Å². The van der Waals surface area contributed by atoms with Crippen LogP contribution in [0.4, 0.5) is 0 Å². The Kier molecular flexibility index (Phi) is 3.33. The van der Waals surface area contributed by atoms with Crippen LogP contribution in [0.3, 0.4) is 0 Å². The Balaban J connectivity index is 2.52. The Morgan fingerprint density at radius 1 is 1.58 bits per heavy atom. The maximum absolute atomic E-state index is 3.78. The van der Waals surface area contributed by atoms with Gasteiger partial charge in [-0.25, -0.2) is 0 Å². The third-order valence-electron chi connectivity index (χ3n) is 3.18. The van der Waals surface area contributed by atoms with E-state index in [2.05, 4.69) is 25.7 Å². The maximum atomic E-state index is 3.78. The first-order valence-corrected chi connectivity index (χ1v) is 5.07. The fourth-order valence-corrected chi connectivity index (χ4v) is 2.18. The van der Waals surface area contributed by atoms with Crippen molar-refractivity contribution in [2.45, 2.75) is 45.1 Å². The van der Waals surface area contributed by atoms with E-state index in [9.17, 15) is 0 Å². The molecule has 0 saturated carbocycles. The first-order valence-electron chi connectivity index (χ1n) is 5.07. The highest BCUT2D eigenvalue weighted by Gasteiger charge is 2.35. The van der Waals surface area contributed by atoms with Crippen LogP contribution < -0.4 is 5.32 Å². The highest BCUT2D eigenvalue weighted by Crippen LogP contribution is 2.31. The van der Waals surface area contributed by atoms with E-state index < -0.39 is 0 Å². The van der Waals surface area contributed by atoms with E-state index in [-0.39, 0.29) is 0 Å². The minimum absolute atomic E-state index is 0.425. The van der Waals surface area contributed by atoms with Gasteiger partial charge in [0.25, 0.3) is 0 Å². The monoisotopic (exact) mass is 167 g/mol. The number of hydrogen-bond donors (Lipinski definition) is 1. The highest BCUT2D eigenvalue weighted by atomic mass is 15.0. The summed E-state index contributed by atoms with van der Waals surface area (Å²) < 4.78 is 0. The second kappa shape index (κ2) is 4.08. The van der Waals surface area contributed by atoms with Gasteiger partial charge in [-0.2, -0.15) is 0 Å². The fraction of sp³-hybridized carbons (Fsp3) is 0.818. The van der Waals surface area contributed by atoms with Crippen molar-refractivity contribution in [1.82, 2.24) is 5.32 Å². The normalized spacial score (nSPS) is 29.6. The standard InChI is InChI=1S/C11H21N/c1-4-5-7-11(10(2)3)8-6-9-12-11/h4,10,12H,1,5-9H2,2-3H3. The molecule has 0 amide bonds. The summed E-state index contributed by atoms with van der Waals surface area (Å²) in [6.07, 6.45) is 7.12. The molecule has 0 aromatic carbocycles. The molecule has 1 atom stereocenters. The molecule has 1 heteroatoms. The SMILES string of the molecule is C=CCCC1(C(C)C)CCCN1. The van der Waals surface area contributed by atoms with Gasteiger partial charge in [0.15, 0.2) is 0 Å². The molecule has 12 heavy (non-hydrogen) atoms. The van der Waals surface area contributed by atoms with Crippen molar-refractivity contribution in [2.75, 3.05) is 6.54 Å². The summed E-state index contributed by atoms with van der Waals surface area (Å²) in [5.74, 6) is 0.750. The first kappa shape index (κ1) is 9.79. The molecule has 0 radical (unpaired) electrons. The molecule has 1 saturated heterocycles. The lowest BCUT2D eigenvalue weighted by Gasteiger charge is -2.33. The van der Waals surface area contributed by atoms with Gasteiger partial charge in [0.1, 0.15) is 0 Å². The second-order valence-electron chi connectivity index (χ2n) is 4.17. The van der Waals surface area contributed by atoms with Crippen LogP contribution >= 0.6 is 0 Å². The number of hydrogen-bond acceptors (Lipinski definition) is 1. The summed E-state index contributed by atoms with van der Waals surface area (Å²) in [7, 11) is 0. The Bertz CT molecular complexity index is 143. The lowest BCUT2D eigenvalue weighted by atomic mass is 9.81. The molecule has 0 aromatic rings. The Morgan fingerprint density at radius 3 is 2.75 bits per heavy atom. The zero-order valence-corrected chi connectivity index (χ0v) is 8.40. The molecule has 1 fully saturated rings. The van der Waals surface area contributed by atoms with Crippen molar-refractivity contribution < 1.29 is 0 Å². The van der Waals surface area contributed by atoms with Crippen LogP contribution in [0.2, 0.25) is 0 Å². The third kappa shape index (κ3) is 1.89. The molecule has 0 aliphatic carbocycles. The van der Waals surface area contributed by atoms with Gasteiger partial charge in [-0.1, -0.05) is 19.9 Å². The molecular formula is C11H21N. The van der Waals surface area contributed by atoms with Gasteiger partial charge in [-0.3, -0.25) is 0 Å². The van der Waals surface area contributed by atoms with Crippen LogP contribution in [-0.2, 0) is 0 Å². The molecule has 1 unspecified atom stereocenters. The molecule has 70 valence electrons. The molecule has 1 rings (SSSR count). The summed E-state index contributed by atoms with van der Waals surface area (Å²) in [6, 6.07) is 0. The van der Waals surface area contributed by atoms with Gasteiger partial charge in [0.2, 0.25) is 0 Å². The molecule has 1 N–H and O–H groups in total. The number of rotatable bonds is 4. The van der Waals surface area contributed by atoms with Gasteiger partial charge in [-0.15, -0.1) is 6.58 Å². The molecule has 1 heterocycles. The summed E-state index contributed by atoms with van der Waals surface area (Å²) >= 11 is 0. The third-order valence-corrected chi connectivity index (χ3v) is 3.18. The second-order valence-corrected chi connectivity index (χ2v) is 4.17.